The Bertz CT molecular complexity index is 1640. The molecular weight excluding hydrogens is 564 g/mol. The quantitative estimate of drug-likeness (QED) is 0.404. The van der Waals surface area contributed by atoms with Crippen LogP contribution >= 0.6 is 0 Å². The molecule has 232 valence electrons. The average Bonchev–Trinajstić information content (AvgIpc) is 3.01. The fourth-order valence-corrected chi connectivity index (χ4v) is 7.49. The van der Waals surface area contributed by atoms with Gasteiger partial charge in [-0.25, -0.2) is 0 Å². The number of hydrogen-bond donors (Lipinski definition) is 1. The molecule has 44 heavy (non-hydrogen) atoms. The van der Waals surface area contributed by atoms with Crippen molar-refractivity contribution < 1.29 is 38.4 Å². The number of amides is 1. The van der Waals surface area contributed by atoms with Crippen molar-refractivity contribution in [2.75, 3.05) is 42.1 Å². The number of hydrogen-bond acceptors (Lipinski definition) is 9. The molecule has 3 aromatic carbocycles. The predicted octanol–water partition coefficient (Wildman–Crippen LogP) is 4.31. The summed E-state index contributed by atoms with van der Waals surface area (Å²) in [4.78, 5) is 33.0. The number of nitrogens with zero attached hydrogens (tertiary/aromatic N) is 2. The Kier molecular flexibility index (Phi) is 7.67. The van der Waals surface area contributed by atoms with Gasteiger partial charge in [-0.05, 0) is 44.0 Å². The smallest absolute Gasteiger partial charge is 0.241 e. The van der Waals surface area contributed by atoms with Gasteiger partial charge < -0.3 is 33.7 Å². The van der Waals surface area contributed by atoms with Gasteiger partial charge in [-0.3, -0.25) is 14.5 Å². The van der Waals surface area contributed by atoms with Crippen LogP contribution in [0.5, 0.6) is 28.7 Å². The molecule has 2 bridgehead atoms. The van der Waals surface area contributed by atoms with E-state index in [2.05, 4.69) is 0 Å². The highest BCUT2D eigenvalue weighted by Crippen LogP contribution is 2.56. The van der Waals surface area contributed by atoms with Crippen LogP contribution < -0.4 is 18.9 Å². The highest BCUT2D eigenvalue weighted by atomic mass is 16.5. The zero-order valence-corrected chi connectivity index (χ0v) is 26.1. The van der Waals surface area contributed by atoms with Crippen LogP contribution in [0.1, 0.15) is 55.8 Å². The van der Waals surface area contributed by atoms with Crippen LogP contribution in [-0.2, 0) is 22.6 Å². The number of carbonyl (C=O) groups excluding carboxylic acids is 2. The first kappa shape index (κ1) is 29.8. The minimum Gasteiger partial charge on any atom is -0.504 e. The molecule has 3 aromatic rings. The SMILES string of the molecule is COc1c(C)cc2c(c1O)[C@@H]1[C@H]3C(=O)c4c(OC)c(C)c(OC)c(OC)c4[C@H](COCc4ccccc4)N3C(=O)[C@H](C2)N1C. The first-order valence-corrected chi connectivity index (χ1v) is 14.6. The molecule has 4 atom stereocenters. The van der Waals surface area contributed by atoms with E-state index in [0.29, 0.717) is 58.3 Å². The molecule has 3 aliphatic rings. The maximum absolute atomic E-state index is 14.9. The molecule has 3 heterocycles. The third kappa shape index (κ3) is 4.22. The van der Waals surface area contributed by atoms with E-state index in [1.54, 1.807) is 4.90 Å². The molecule has 0 aromatic heterocycles. The number of aromatic hydroxyl groups is 1. The maximum atomic E-state index is 14.9. The number of rotatable bonds is 8. The van der Waals surface area contributed by atoms with Gasteiger partial charge >= 0.3 is 0 Å². The Hall–Kier alpha value is -4.28. The Balaban J connectivity index is 1.59. The monoisotopic (exact) mass is 602 g/mol. The normalized spacial score (nSPS) is 22.2. The van der Waals surface area contributed by atoms with Gasteiger partial charge in [0.25, 0.3) is 0 Å². The minimum atomic E-state index is -0.981. The maximum Gasteiger partial charge on any atom is 0.241 e. The Labute approximate surface area is 257 Å². The molecular formula is C34H38N2O8. The van der Waals surface area contributed by atoms with Crippen LogP contribution in [0.15, 0.2) is 36.4 Å². The van der Waals surface area contributed by atoms with E-state index in [1.165, 1.54) is 28.4 Å². The molecule has 0 saturated carbocycles. The van der Waals surface area contributed by atoms with E-state index in [1.807, 2.05) is 62.2 Å². The Morgan fingerprint density at radius 2 is 1.52 bits per heavy atom. The van der Waals surface area contributed by atoms with Crippen LogP contribution in [0.3, 0.4) is 0 Å². The van der Waals surface area contributed by atoms with Crippen molar-refractivity contribution in [3.05, 3.63) is 75.3 Å². The zero-order chi connectivity index (χ0) is 31.4. The summed E-state index contributed by atoms with van der Waals surface area (Å²) in [6.07, 6.45) is 0.374. The minimum absolute atomic E-state index is 0.0157. The largest absolute Gasteiger partial charge is 0.504 e. The molecule has 0 spiro atoms. The number of likely N-dealkylation sites (N-methyl/N-ethyl adjacent to an activating group) is 1. The molecule has 1 saturated heterocycles. The van der Waals surface area contributed by atoms with Crippen molar-refractivity contribution in [1.82, 2.24) is 9.80 Å². The average molecular weight is 603 g/mol. The van der Waals surface area contributed by atoms with Gasteiger partial charge in [0.15, 0.2) is 28.8 Å². The van der Waals surface area contributed by atoms with Crippen molar-refractivity contribution >= 4 is 11.7 Å². The first-order chi connectivity index (χ1) is 21.2. The van der Waals surface area contributed by atoms with E-state index in [0.717, 1.165) is 16.7 Å². The second-order valence-electron chi connectivity index (χ2n) is 11.6. The van der Waals surface area contributed by atoms with Crippen LogP contribution in [0.2, 0.25) is 0 Å². The number of phenols is 1. The number of benzene rings is 3. The lowest BCUT2D eigenvalue weighted by Crippen LogP contribution is -2.68. The number of phenolic OH excluding ortho intramolecular Hbond substituents is 1. The van der Waals surface area contributed by atoms with Crippen LogP contribution in [-0.4, -0.2) is 80.8 Å². The number of fused-ring (bicyclic) bond motifs is 7. The summed E-state index contributed by atoms with van der Waals surface area (Å²) >= 11 is 0. The van der Waals surface area contributed by atoms with Crippen molar-refractivity contribution in [3.8, 4) is 28.7 Å². The predicted molar refractivity (Wildman–Crippen MR) is 162 cm³/mol. The second kappa shape index (κ2) is 11.3. The van der Waals surface area contributed by atoms with Crippen molar-refractivity contribution in [2.45, 2.75) is 51.0 Å². The van der Waals surface area contributed by atoms with E-state index < -0.39 is 24.2 Å². The lowest BCUT2D eigenvalue weighted by atomic mass is 9.73. The molecule has 1 amide bonds. The van der Waals surface area contributed by atoms with E-state index in [9.17, 15) is 14.7 Å². The summed E-state index contributed by atoms with van der Waals surface area (Å²) in [5, 5.41) is 11.6. The highest BCUT2D eigenvalue weighted by molar-refractivity contribution is 6.10. The summed E-state index contributed by atoms with van der Waals surface area (Å²) in [5.41, 5.74) is 4.57. The number of piperazine rings is 1. The summed E-state index contributed by atoms with van der Waals surface area (Å²) in [6, 6.07) is 8.82. The fraction of sp³-hybridized carbons (Fsp3) is 0.412. The Morgan fingerprint density at radius 1 is 0.864 bits per heavy atom. The standard InChI is InChI=1S/C34H38N2O8/c1-17-13-20-14-21-34(39)36-22(16-44-15-19-11-9-8-10-12-19)24-25(31(41-5)18(2)32(42-6)33(24)43-7)28(37)27(36)26(35(21)3)23(20)29(38)30(17)40-4/h8-13,21-22,26-27,38H,14-16H2,1-7H3/t21-,22-,26+,27-/m0/s1. The number of carbonyl (C=O) groups is 2. The summed E-state index contributed by atoms with van der Waals surface area (Å²) in [6.45, 7) is 4.06. The number of ketones is 1. The summed E-state index contributed by atoms with van der Waals surface area (Å²) in [7, 11) is 7.91. The number of Topliss-reactive ketones (excluding diaryl/α,β-unsaturated/α-hetero) is 1. The Morgan fingerprint density at radius 3 is 2.16 bits per heavy atom. The lowest BCUT2D eigenvalue weighted by Gasteiger charge is -2.56. The highest BCUT2D eigenvalue weighted by Gasteiger charge is 2.59. The molecule has 10 nitrogen and oxygen atoms in total. The van der Waals surface area contributed by atoms with Crippen LogP contribution in [0.4, 0.5) is 0 Å². The number of methoxy groups -OCH3 is 4. The second-order valence-corrected chi connectivity index (χ2v) is 11.6. The topological polar surface area (TPSA) is 107 Å². The summed E-state index contributed by atoms with van der Waals surface area (Å²) < 4.78 is 29.4. The van der Waals surface area contributed by atoms with Crippen LogP contribution in [0, 0.1) is 13.8 Å². The van der Waals surface area contributed by atoms with Gasteiger partial charge in [-0.2, -0.15) is 0 Å². The van der Waals surface area contributed by atoms with E-state index in [4.69, 9.17) is 23.7 Å². The molecule has 0 aliphatic carbocycles. The molecule has 10 heteroatoms. The van der Waals surface area contributed by atoms with Gasteiger partial charge in [-0.1, -0.05) is 36.4 Å². The van der Waals surface area contributed by atoms with Gasteiger partial charge in [0.1, 0.15) is 11.8 Å². The van der Waals surface area contributed by atoms with Gasteiger partial charge in [-0.15, -0.1) is 0 Å². The van der Waals surface area contributed by atoms with Crippen molar-refractivity contribution in [1.29, 1.82) is 0 Å². The van der Waals surface area contributed by atoms with E-state index >= 15 is 0 Å². The number of ether oxygens (including phenoxy) is 5. The fourth-order valence-electron chi connectivity index (χ4n) is 7.49. The first-order valence-electron chi connectivity index (χ1n) is 14.6. The molecule has 3 aliphatic heterocycles. The lowest BCUT2D eigenvalue weighted by molar-refractivity contribution is -0.156. The third-order valence-electron chi connectivity index (χ3n) is 9.36. The third-order valence-corrected chi connectivity index (χ3v) is 9.36. The molecule has 0 radical (unpaired) electrons. The van der Waals surface area contributed by atoms with Gasteiger partial charge in [0, 0.05) is 16.7 Å². The van der Waals surface area contributed by atoms with Crippen molar-refractivity contribution in [3.63, 3.8) is 0 Å². The zero-order valence-electron chi connectivity index (χ0n) is 26.1. The molecule has 6 rings (SSSR count). The molecule has 0 unspecified atom stereocenters. The van der Waals surface area contributed by atoms with E-state index in [-0.39, 0.29) is 24.0 Å². The van der Waals surface area contributed by atoms with Gasteiger partial charge in [0.05, 0.1) is 65.3 Å². The van der Waals surface area contributed by atoms with Crippen molar-refractivity contribution in [2.24, 2.45) is 0 Å². The van der Waals surface area contributed by atoms with Crippen LogP contribution in [0.25, 0.3) is 0 Å². The van der Waals surface area contributed by atoms with Gasteiger partial charge in [0.2, 0.25) is 5.91 Å². The molecule has 1 fully saturated rings. The number of aryl methyl sites for hydroxylation is 1. The summed E-state index contributed by atoms with van der Waals surface area (Å²) in [5.74, 6) is 0.972. The molecule has 1 N–H and O–H groups in total.